The van der Waals surface area contributed by atoms with Crippen LogP contribution in [0.25, 0.3) is 6.08 Å². The van der Waals surface area contributed by atoms with Gasteiger partial charge in [0.1, 0.15) is 0 Å². The van der Waals surface area contributed by atoms with Gasteiger partial charge in [0.05, 0.1) is 0 Å². The average molecular weight is 354 g/mol. The molecule has 21 heavy (non-hydrogen) atoms. The smallest absolute Gasteiger partial charge is 0 e. The molecule has 0 heterocycles. The second kappa shape index (κ2) is 11.9. The van der Waals surface area contributed by atoms with Gasteiger partial charge < -0.3 is 0 Å². The number of benzene rings is 2. The molecule has 0 N–H and O–H groups in total. The molecule has 1 heteroatoms. The Balaban J connectivity index is 0.000000741. The number of rotatable bonds is 1. The van der Waals surface area contributed by atoms with Crippen LogP contribution in [0, 0.1) is 6.08 Å². The van der Waals surface area contributed by atoms with E-state index < -0.39 is 0 Å². The summed E-state index contributed by atoms with van der Waals surface area (Å²) < 4.78 is 0. The van der Waals surface area contributed by atoms with Crippen LogP contribution in [-0.2, 0) is 39.1 Å². The summed E-state index contributed by atoms with van der Waals surface area (Å²) in [4.78, 5) is 0. The fraction of sp³-hybridized carbons (Fsp3) is 0.300. The summed E-state index contributed by atoms with van der Waals surface area (Å²) in [5, 5.41) is 0. The normalized spacial score (nSPS) is 14.4. The molecule has 2 aromatic rings. The third kappa shape index (κ3) is 5.89. The van der Waals surface area contributed by atoms with Crippen molar-refractivity contribution < 1.29 is 32.7 Å². The number of hydrogen-bond acceptors (Lipinski definition) is 0. The van der Waals surface area contributed by atoms with Crippen molar-refractivity contribution >= 4 is 6.08 Å². The Bertz CT molecular complexity index is 514. The van der Waals surface area contributed by atoms with Crippen LogP contribution < -0.4 is 0 Å². The molecule has 0 bridgehead atoms. The molecule has 0 spiro atoms. The summed E-state index contributed by atoms with van der Waals surface area (Å²) in [6.07, 6.45) is 6.65. The van der Waals surface area contributed by atoms with Crippen LogP contribution in [0.3, 0.4) is 0 Å². The predicted octanol–water partition coefficient (Wildman–Crippen LogP) is 5.89. The van der Waals surface area contributed by atoms with Gasteiger partial charge in [-0.15, -0.1) is 11.6 Å². The molecular weight excluding hydrogens is 329 g/mol. The first-order valence-corrected chi connectivity index (χ1v) is 7.65. The van der Waals surface area contributed by atoms with Gasteiger partial charge in [-0.2, -0.15) is 5.56 Å². The predicted molar refractivity (Wildman–Crippen MR) is 89.7 cm³/mol. The Morgan fingerprint density at radius 2 is 1.38 bits per heavy atom. The van der Waals surface area contributed by atoms with E-state index >= 15 is 0 Å². The first kappa shape index (κ1) is 20.3. The zero-order valence-corrected chi connectivity index (χ0v) is 16.5. The molecule has 0 fully saturated rings. The minimum Gasteiger partial charge on any atom is -0.267 e. The maximum absolute atomic E-state index is 3.47. The van der Waals surface area contributed by atoms with Gasteiger partial charge in [-0.3, -0.25) is 6.08 Å². The maximum Gasteiger partial charge on any atom is 0 e. The molecule has 0 saturated heterocycles. The monoisotopic (exact) mass is 354 g/mol. The summed E-state index contributed by atoms with van der Waals surface area (Å²) in [5.74, 6) is 0.413. The number of allylic oxidation sites excluding steroid dienone is 1. The minimum absolute atomic E-state index is 0. The van der Waals surface area contributed by atoms with Gasteiger partial charge in [0, 0.05) is 32.7 Å². The van der Waals surface area contributed by atoms with Gasteiger partial charge in [-0.05, 0) is 6.42 Å². The summed E-state index contributed by atoms with van der Waals surface area (Å²) in [5.41, 5.74) is 4.10. The van der Waals surface area contributed by atoms with Crippen LogP contribution in [0.2, 0.25) is 0 Å². The second-order valence-corrected chi connectivity index (χ2v) is 4.18. The topological polar surface area (TPSA) is 0 Å². The molecule has 1 unspecified atom stereocenters. The van der Waals surface area contributed by atoms with E-state index in [0.717, 1.165) is 6.42 Å². The second-order valence-electron chi connectivity index (χ2n) is 4.18. The average Bonchev–Trinajstić information content (AvgIpc) is 2.59. The molecule has 3 rings (SSSR count). The van der Waals surface area contributed by atoms with Gasteiger partial charge in [0.25, 0.3) is 0 Å². The van der Waals surface area contributed by atoms with Crippen LogP contribution >= 0.6 is 0 Å². The van der Waals surface area contributed by atoms with Crippen LogP contribution in [-0.4, -0.2) is 0 Å². The fourth-order valence-corrected chi connectivity index (χ4v) is 2.23. The molecule has 0 aliphatic heterocycles. The molecule has 0 amide bonds. The molecule has 1 radical (unpaired) electrons. The molecule has 0 aromatic heterocycles. The van der Waals surface area contributed by atoms with E-state index in [0.29, 0.717) is 5.92 Å². The van der Waals surface area contributed by atoms with Gasteiger partial charge in [0.2, 0.25) is 0 Å². The molecule has 2 aromatic carbocycles. The molecular formula is C20H25Y-. The van der Waals surface area contributed by atoms with Crippen molar-refractivity contribution in [3.8, 4) is 0 Å². The molecule has 0 saturated carbocycles. The zero-order chi connectivity index (χ0) is 14.8. The van der Waals surface area contributed by atoms with E-state index in [1.54, 1.807) is 0 Å². The van der Waals surface area contributed by atoms with E-state index in [1.807, 2.05) is 27.7 Å². The van der Waals surface area contributed by atoms with Crippen molar-refractivity contribution in [2.24, 2.45) is 0 Å². The summed E-state index contributed by atoms with van der Waals surface area (Å²) in [6.45, 7) is 8.00. The van der Waals surface area contributed by atoms with Crippen LogP contribution in [0.15, 0.2) is 54.6 Å². The molecule has 0 nitrogen and oxygen atoms in total. The van der Waals surface area contributed by atoms with Gasteiger partial charge in [-0.25, -0.2) is 6.08 Å². The number of fused-ring (bicyclic) bond motifs is 1. The van der Waals surface area contributed by atoms with Crippen molar-refractivity contribution in [2.75, 3.05) is 0 Å². The van der Waals surface area contributed by atoms with Gasteiger partial charge in [-0.1, -0.05) is 87.7 Å². The summed E-state index contributed by atoms with van der Waals surface area (Å²) in [6, 6.07) is 19.2. The first-order valence-electron chi connectivity index (χ1n) is 7.65. The molecule has 1 aliphatic rings. The summed E-state index contributed by atoms with van der Waals surface area (Å²) in [7, 11) is 0. The van der Waals surface area contributed by atoms with E-state index in [1.165, 1.54) is 16.7 Å². The fourth-order valence-electron chi connectivity index (χ4n) is 2.23. The quantitative estimate of drug-likeness (QED) is 0.560. The molecule has 1 atom stereocenters. The van der Waals surface area contributed by atoms with Crippen molar-refractivity contribution in [1.29, 1.82) is 0 Å². The summed E-state index contributed by atoms with van der Waals surface area (Å²) >= 11 is 0. The van der Waals surface area contributed by atoms with Gasteiger partial charge in [0.15, 0.2) is 0 Å². The maximum atomic E-state index is 3.47. The van der Waals surface area contributed by atoms with Crippen molar-refractivity contribution in [3.63, 3.8) is 0 Å². The van der Waals surface area contributed by atoms with Crippen LogP contribution in [0.1, 0.15) is 50.3 Å². The SMILES string of the molecule is CC.CC.[C-]1=Cc2ccccc2CC1c1ccccc1.[Y]. The molecule has 109 valence electrons. The third-order valence-corrected chi connectivity index (χ3v) is 3.12. The standard InChI is InChI=1S/C16H13.2C2H6.Y/c1-2-6-13(7-3-1)16-11-10-14-8-4-5-9-15(14)12-16;2*1-2;/h1-10,16H,12H2;2*1-2H3;/q-1;;;. The zero-order valence-electron chi connectivity index (χ0n) is 13.6. The van der Waals surface area contributed by atoms with Crippen molar-refractivity contribution in [3.05, 3.63) is 77.4 Å². The third-order valence-electron chi connectivity index (χ3n) is 3.12. The van der Waals surface area contributed by atoms with E-state index in [-0.39, 0.29) is 32.7 Å². The van der Waals surface area contributed by atoms with E-state index in [2.05, 4.69) is 66.7 Å². The number of hydrogen-bond donors (Lipinski definition) is 0. The van der Waals surface area contributed by atoms with Crippen LogP contribution in [0.5, 0.6) is 0 Å². The Morgan fingerprint density at radius 1 is 0.810 bits per heavy atom. The van der Waals surface area contributed by atoms with Crippen LogP contribution in [0.4, 0.5) is 0 Å². The van der Waals surface area contributed by atoms with E-state index in [9.17, 15) is 0 Å². The van der Waals surface area contributed by atoms with Crippen molar-refractivity contribution in [1.82, 2.24) is 0 Å². The van der Waals surface area contributed by atoms with E-state index in [4.69, 9.17) is 0 Å². The Hall–Kier alpha value is -0.716. The largest absolute Gasteiger partial charge is 0.267 e. The van der Waals surface area contributed by atoms with Crippen molar-refractivity contribution in [2.45, 2.75) is 40.0 Å². The Morgan fingerprint density at radius 3 is 2.05 bits per heavy atom. The van der Waals surface area contributed by atoms with Gasteiger partial charge >= 0.3 is 0 Å². The Kier molecular flexibility index (Phi) is 11.5. The molecule has 1 aliphatic carbocycles. The minimum atomic E-state index is 0. The Labute approximate surface area is 155 Å². The first-order chi connectivity index (χ1) is 9.93.